The zero-order valence-electron chi connectivity index (χ0n) is 8.32. The minimum atomic E-state index is -0.0704. The van der Waals surface area contributed by atoms with Gasteiger partial charge in [-0.1, -0.05) is 6.92 Å². The van der Waals surface area contributed by atoms with E-state index in [1.165, 1.54) is 12.1 Å². The molecule has 14 heavy (non-hydrogen) atoms. The number of aromatic hydroxyl groups is 2. The van der Waals surface area contributed by atoms with E-state index in [1.54, 1.807) is 6.92 Å². The average Bonchev–Trinajstić information content (AvgIpc) is 2.11. The topological polar surface area (TPSA) is 57.5 Å². The lowest BCUT2D eigenvalue weighted by Crippen LogP contribution is -1.95. The molecule has 0 saturated heterocycles. The number of phenols is 2. The van der Waals surface area contributed by atoms with Gasteiger partial charge < -0.3 is 15.0 Å². The van der Waals surface area contributed by atoms with Crippen LogP contribution in [0.15, 0.2) is 12.1 Å². The van der Waals surface area contributed by atoms with Crippen LogP contribution in [0.4, 0.5) is 0 Å². The number of aryl methyl sites for hydroxylation is 1. The summed E-state index contributed by atoms with van der Waals surface area (Å²) in [5, 5.41) is 19.0. The highest BCUT2D eigenvalue weighted by Crippen LogP contribution is 2.32. The quantitative estimate of drug-likeness (QED) is 0.572. The molecule has 0 radical (unpaired) electrons. The van der Waals surface area contributed by atoms with E-state index in [0.29, 0.717) is 17.5 Å². The van der Waals surface area contributed by atoms with Crippen LogP contribution in [0.3, 0.4) is 0 Å². The monoisotopic (exact) mass is 194 g/mol. The fraction of sp³-hybridized carbons (Fsp3) is 0.364. The van der Waals surface area contributed by atoms with E-state index in [9.17, 15) is 15.0 Å². The van der Waals surface area contributed by atoms with E-state index >= 15 is 0 Å². The smallest absolute Gasteiger partial charge is 0.120 e. The summed E-state index contributed by atoms with van der Waals surface area (Å²) in [6.45, 7) is 3.54. The summed E-state index contributed by atoms with van der Waals surface area (Å²) in [6, 6.07) is 3.02. The molecule has 3 nitrogen and oxygen atoms in total. The second kappa shape index (κ2) is 4.13. The van der Waals surface area contributed by atoms with Crippen molar-refractivity contribution in [2.45, 2.75) is 26.2 Å². The highest BCUT2D eigenvalue weighted by molar-refractivity contribution is 5.54. The lowest BCUT2D eigenvalue weighted by molar-refractivity contribution is -0.108. The Kier molecular flexibility index (Phi) is 3.12. The van der Waals surface area contributed by atoms with Gasteiger partial charge in [0.1, 0.15) is 17.8 Å². The Morgan fingerprint density at radius 1 is 1.36 bits per heavy atom. The molecule has 76 valence electrons. The fourth-order valence-corrected chi connectivity index (χ4v) is 1.36. The Morgan fingerprint density at radius 3 is 2.57 bits per heavy atom. The van der Waals surface area contributed by atoms with Gasteiger partial charge in [-0.3, -0.25) is 0 Å². The fourth-order valence-electron chi connectivity index (χ4n) is 1.36. The van der Waals surface area contributed by atoms with Crippen molar-refractivity contribution < 1.29 is 15.0 Å². The molecule has 0 aliphatic heterocycles. The molecule has 0 heterocycles. The average molecular weight is 194 g/mol. The highest BCUT2D eigenvalue weighted by atomic mass is 16.3. The molecule has 2 N–H and O–H groups in total. The summed E-state index contributed by atoms with van der Waals surface area (Å²) in [4.78, 5) is 10.3. The third-order valence-corrected chi connectivity index (χ3v) is 2.33. The lowest BCUT2D eigenvalue weighted by Gasteiger charge is -2.12. The third kappa shape index (κ3) is 2.05. The Hall–Kier alpha value is -1.51. The Balaban J connectivity index is 3.08. The molecule has 0 spiro atoms. The zero-order chi connectivity index (χ0) is 10.7. The van der Waals surface area contributed by atoms with E-state index in [-0.39, 0.29) is 17.4 Å². The van der Waals surface area contributed by atoms with Gasteiger partial charge in [0.25, 0.3) is 0 Å². The van der Waals surface area contributed by atoms with Gasteiger partial charge >= 0.3 is 0 Å². The summed E-state index contributed by atoms with van der Waals surface area (Å²) in [7, 11) is 0. The zero-order valence-corrected chi connectivity index (χ0v) is 8.32. The van der Waals surface area contributed by atoms with Crippen LogP contribution in [0.5, 0.6) is 11.5 Å². The summed E-state index contributed by atoms with van der Waals surface area (Å²) in [6.07, 6.45) is 1.15. The highest BCUT2D eigenvalue weighted by Gasteiger charge is 2.12. The maximum Gasteiger partial charge on any atom is 0.120 e. The molecule has 1 unspecified atom stereocenters. The second-order valence-electron chi connectivity index (χ2n) is 3.50. The molecule has 1 rings (SSSR count). The number of hydrogen-bond donors (Lipinski definition) is 2. The molecule has 1 atom stereocenters. The number of carbonyl (C=O) groups excluding carboxylic acids is 1. The first-order valence-electron chi connectivity index (χ1n) is 4.52. The van der Waals surface area contributed by atoms with E-state index in [0.717, 1.165) is 6.29 Å². The van der Waals surface area contributed by atoms with Gasteiger partial charge in [-0.2, -0.15) is 0 Å². The summed E-state index contributed by atoms with van der Waals surface area (Å²) < 4.78 is 0. The van der Waals surface area contributed by atoms with Crippen LogP contribution in [0, 0.1) is 6.92 Å². The van der Waals surface area contributed by atoms with Crippen LogP contribution in [0.25, 0.3) is 0 Å². The number of hydrogen-bond acceptors (Lipinski definition) is 3. The van der Waals surface area contributed by atoms with Crippen molar-refractivity contribution in [3.8, 4) is 11.5 Å². The molecular formula is C11H14O3. The van der Waals surface area contributed by atoms with Gasteiger partial charge in [0.2, 0.25) is 0 Å². The minimum absolute atomic E-state index is 0.0704. The molecule has 0 aromatic heterocycles. The van der Waals surface area contributed by atoms with Crippen molar-refractivity contribution >= 4 is 6.29 Å². The molecule has 1 aromatic rings. The van der Waals surface area contributed by atoms with Gasteiger partial charge in [0, 0.05) is 12.0 Å². The standard InChI is InChI=1S/C11H14O3/c1-7(3-4-12)9-6-10(13)8(2)5-11(9)14/h4-7,13-14H,3H2,1-2H3. The molecule has 0 aliphatic rings. The lowest BCUT2D eigenvalue weighted by atomic mass is 9.96. The molecular weight excluding hydrogens is 180 g/mol. The SMILES string of the molecule is Cc1cc(O)c(C(C)CC=O)cc1O. The number of phenolic OH excluding ortho intramolecular Hbond substituents is 2. The van der Waals surface area contributed by atoms with Gasteiger partial charge in [-0.15, -0.1) is 0 Å². The van der Waals surface area contributed by atoms with Gasteiger partial charge in [-0.25, -0.2) is 0 Å². The van der Waals surface area contributed by atoms with Crippen LogP contribution in [0.1, 0.15) is 30.4 Å². The van der Waals surface area contributed by atoms with Crippen LogP contribution in [-0.2, 0) is 4.79 Å². The van der Waals surface area contributed by atoms with Crippen molar-refractivity contribution in [3.63, 3.8) is 0 Å². The predicted octanol–water partition coefficient (Wildman–Crippen LogP) is 2.10. The predicted molar refractivity (Wildman–Crippen MR) is 53.6 cm³/mol. The number of benzene rings is 1. The summed E-state index contributed by atoms with van der Waals surface area (Å²) >= 11 is 0. The van der Waals surface area contributed by atoms with E-state index in [1.807, 2.05) is 6.92 Å². The molecule has 0 bridgehead atoms. The van der Waals surface area contributed by atoms with E-state index < -0.39 is 0 Å². The second-order valence-corrected chi connectivity index (χ2v) is 3.50. The van der Waals surface area contributed by atoms with Crippen LogP contribution >= 0.6 is 0 Å². The minimum Gasteiger partial charge on any atom is -0.508 e. The maximum atomic E-state index is 10.3. The van der Waals surface area contributed by atoms with Crippen LogP contribution in [-0.4, -0.2) is 16.5 Å². The summed E-state index contributed by atoms with van der Waals surface area (Å²) in [5.74, 6) is 0.212. The van der Waals surface area contributed by atoms with E-state index in [2.05, 4.69) is 0 Å². The van der Waals surface area contributed by atoms with Crippen molar-refractivity contribution in [2.24, 2.45) is 0 Å². The van der Waals surface area contributed by atoms with Crippen LogP contribution < -0.4 is 0 Å². The van der Waals surface area contributed by atoms with Gasteiger partial charge in [-0.05, 0) is 30.5 Å². The third-order valence-electron chi connectivity index (χ3n) is 2.33. The molecule has 1 aromatic carbocycles. The maximum absolute atomic E-state index is 10.3. The van der Waals surface area contributed by atoms with Crippen molar-refractivity contribution in [2.75, 3.05) is 0 Å². The molecule has 3 heteroatoms. The van der Waals surface area contributed by atoms with Crippen molar-refractivity contribution in [1.82, 2.24) is 0 Å². The van der Waals surface area contributed by atoms with Crippen molar-refractivity contribution in [1.29, 1.82) is 0 Å². The van der Waals surface area contributed by atoms with Gasteiger partial charge in [0.15, 0.2) is 0 Å². The van der Waals surface area contributed by atoms with Crippen molar-refractivity contribution in [3.05, 3.63) is 23.3 Å². The summed E-state index contributed by atoms with van der Waals surface area (Å²) in [5.41, 5.74) is 1.24. The van der Waals surface area contributed by atoms with Crippen LogP contribution in [0.2, 0.25) is 0 Å². The Labute approximate surface area is 83.0 Å². The molecule has 0 aliphatic carbocycles. The molecule has 0 fully saturated rings. The molecule has 0 amide bonds. The van der Waals surface area contributed by atoms with E-state index in [4.69, 9.17) is 0 Å². The first-order valence-corrected chi connectivity index (χ1v) is 4.52. The van der Waals surface area contributed by atoms with Gasteiger partial charge in [0.05, 0.1) is 0 Å². The number of carbonyl (C=O) groups is 1. The Morgan fingerprint density at radius 2 is 2.00 bits per heavy atom. The normalized spacial score (nSPS) is 12.4. The first-order chi connectivity index (χ1) is 6.56. The first kappa shape index (κ1) is 10.6. The largest absolute Gasteiger partial charge is 0.508 e. The number of aldehydes is 1. The Bertz CT molecular complexity index is 345. The molecule has 0 saturated carbocycles. The number of rotatable bonds is 3.